The van der Waals surface area contributed by atoms with Crippen LogP contribution in [0.5, 0.6) is 5.75 Å². The average molecular weight is 310 g/mol. The number of anilines is 1. The summed E-state index contributed by atoms with van der Waals surface area (Å²) in [6, 6.07) is 18.0. The lowest BCUT2D eigenvalue weighted by atomic mass is 10.1. The van der Waals surface area contributed by atoms with Gasteiger partial charge in [-0.1, -0.05) is 36.4 Å². The van der Waals surface area contributed by atoms with E-state index in [-0.39, 0.29) is 12.1 Å². The van der Waals surface area contributed by atoms with E-state index >= 15 is 0 Å². The molecule has 4 nitrogen and oxygen atoms in total. The highest BCUT2D eigenvalue weighted by Crippen LogP contribution is 2.31. The SMILES string of the molecule is CC1Cc2ccccc2N1C(=O)NCCCOc1ccccc1. The first-order chi connectivity index (χ1) is 11.3. The zero-order valence-corrected chi connectivity index (χ0v) is 13.4. The number of ether oxygens (including phenoxy) is 1. The minimum atomic E-state index is -0.0258. The number of rotatable bonds is 5. The standard InChI is InChI=1S/C19H22N2O2/c1-15-14-16-8-5-6-11-18(16)21(15)19(22)20-12-7-13-23-17-9-3-2-4-10-17/h2-6,8-11,15H,7,12-14H2,1H3,(H,20,22). The highest BCUT2D eigenvalue weighted by molar-refractivity contribution is 5.94. The van der Waals surface area contributed by atoms with Gasteiger partial charge in [0.25, 0.3) is 0 Å². The van der Waals surface area contributed by atoms with Gasteiger partial charge in [0.1, 0.15) is 5.75 Å². The Kier molecular flexibility index (Phi) is 4.81. The topological polar surface area (TPSA) is 41.6 Å². The lowest BCUT2D eigenvalue weighted by Crippen LogP contribution is -2.43. The van der Waals surface area contributed by atoms with Gasteiger partial charge in [0.15, 0.2) is 0 Å². The number of carbonyl (C=O) groups is 1. The highest BCUT2D eigenvalue weighted by Gasteiger charge is 2.30. The molecule has 1 atom stereocenters. The van der Waals surface area contributed by atoms with Crippen LogP contribution in [0.25, 0.3) is 0 Å². The minimum absolute atomic E-state index is 0.0258. The van der Waals surface area contributed by atoms with E-state index in [1.54, 1.807) is 0 Å². The van der Waals surface area contributed by atoms with E-state index < -0.39 is 0 Å². The third-order valence-corrected chi connectivity index (χ3v) is 4.04. The number of urea groups is 1. The van der Waals surface area contributed by atoms with Gasteiger partial charge in [-0.2, -0.15) is 0 Å². The molecule has 1 aliphatic heterocycles. The van der Waals surface area contributed by atoms with Crippen molar-refractivity contribution >= 4 is 11.7 Å². The number of amides is 2. The average Bonchev–Trinajstić information content (AvgIpc) is 2.91. The third kappa shape index (κ3) is 3.65. The first-order valence-electron chi connectivity index (χ1n) is 8.08. The second kappa shape index (κ2) is 7.18. The molecule has 0 aliphatic carbocycles. The van der Waals surface area contributed by atoms with Gasteiger partial charge in [-0.05, 0) is 43.5 Å². The summed E-state index contributed by atoms with van der Waals surface area (Å²) >= 11 is 0. The third-order valence-electron chi connectivity index (χ3n) is 4.04. The molecule has 0 bridgehead atoms. The van der Waals surface area contributed by atoms with Gasteiger partial charge in [0.2, 0.25) is 0 Å². The van der Waals surface area contributed by atoms with E-state index in [2.05, 4.69) is 18.3 Å². The molecule has 0 saturated carbocycles. The highest BCUT2D eigenvalue weighted by atomic mass is 16.5. The van der Waals surface area contributed by atoms with E-state index in [0.29, 0.717) is 13.2 Å². The number of hydrogen-bond acceptors (Lipinski definition) is 2. The number of nitrogens with zero attached hydrogens (tertiary/aromatic N) is 1. The molecule has 0 aromatic heterocycles. The molecule has 0 spiro atoms. The zero-order valence-electron chi connectivity index (χ0n) is 13.4. The van der Waals surface area contributed by atoms with Crippen LogP contribution in [0.1, 0.15) is 18.9 Å². The van der Waals surface area contributed by atoms with Crippen LogP contribution in [0.4, 0.5) is 10.5 Å². The predicted octanol–water partition coefficient (Wildman–Crippen LogP) is 3.62. The van der Waals surface area contributed by atoms with Crippen LogP contribution in [0, 0.1) is 0 Å². The summed E-state index contributed by atoms with van der Waals surface area (Å²) < 4.78 is 5.63. The van der Waals surface area contributed by atoms with Gasteiger partial charge in [0.05, 0.1) is 6.61 Å². The lowest BCUT2D eigenvalue weighted by molar-refractivity contribution is 0.243. The molecule has 0 saturated heterocycles. The van der Waals surface area contributed by atoms with Crippen LogP contribution < -0.4 is 15.0 Å². The molecule has 2 aromatic carbocycles. The van der Waals surface area contributed by atoms with Crippen molar-refractivity contribution in [2.24, 2.45) is 0 Å². The first-order valence-corrected chi connectivity index (χ1v) is 8.08. The molecule has 0 radical (unpaired) electrons. The Bertz CT molecular complexity index is 657. The quantitative estimate of drug-likeness (QED) is 0.857. The van der Waals surface area contributed by atoms with Crippen LogP contribution >= 0.6 is 0 Å². The number of fused-ring (bicyclic) bond motifs is 1. The molecule has 1 heterocycles. The van der Waals surface area contributed by atoms with Gasteiger partial charge in [-0.3, -0.25) is 4.90 Å². The number of hydrogen-bond donors (Lipinski definition) is 1. The van der Waals surface area contributed by atoms with Crippen LogP contribution in [-0.2, 0) is 6.42 Å². The maximum Gasteiger partial charge on any atom is 0.322 e. The Labute approximate surface area is 137 Å². The molecule has 1 aliphatic rings. The minimum Gasteiger partial charge on any atom is -0.494 e. The van der Waals surface area contributed by atoms with Gasteiger partial charge >= 0.3 is 6.03 Å². The fourth-order valence-corrected chi connectivity index (χ4v) is 2.93. The molecule has 4 heteroatoms. The summed E-state index contributed by atoms with van der Waals surface area (Å²) in [7, 11) is 0. The summed E-state index contributed by atoms with van der Waals surface area (Å²) in [6.45, 7) is 3.28. The van der Waals surface area contributed by atoms with Crippen LogP contribution in [0.2, 0.25) is 0 Å². The molecule has 1 unspecified atom stereocenters. The second-order valence-corrected chi connectivity index (χ2v) is 5.80. The normalized spacial score (nSPS) is 16.0. The fourth-order valence-electron chi connectivity index (χ4n) is 2.93. The Hall–Kier alpha value is -2.49. The van der Waals surface area contributed by atoms with Crippen molar-refractivity contribution in [3.05, 3.63) is 60.2 Å². The molecular weight excluding hydrogens is 288 g/mol. The Morgan fingerprint density at radius 1 is 1.17 bits per heavy atom. The summed E-state index contributed by atoms with van der Waals surface area (Å²) in [6.07, 6.45) is 1.70. The lowest BCUT2D eigenvalue weighted by Gasteiger charge is -2.23. The van der Waals surface area contributed by atoms with Gasteiger partial charge in [0, 0.05) is 18.3 Å². The van der Waals surface area contributed by atoms with Gasteiger partial charge < -0.3 is 10.1 Å². The van der Waals surface area contributed by atoms with E-state index in [1.807, 2.05) is 53.4 Å². The van der Waals surface area contributed by atoms with Crippen molar-refractivity contribution in [2.45, 2.75) is 25.8 Å². The maximum absolute atomic E-state index is 12.4. The molecule has 0 fully saturated rings. The summed E-state index contributed by atoms with van der Waals surface area (Å²) in [5, 5.41) is 2.99. The summed E-state index contributed by atoms with van der Waals surface area (Å²) in [4.78, 5) is 14.3. The largest absolute Gasteiger partial charge is 0.494 e. The van der Waals surface area contributed by atoms with Crippen molar-refractivity contribution in [2.75, 3.05) is 18.1 Å². The summed E-state index contributed by atoms with van der Waals surface area (Å²) in [5.41, 5.74) is 2.26. The van der Waals surface area contributed by atoms with Crippen LogP contribution in [0.15, 0.2) is 54.6 Å². The van der Waals surface area contributed by atoms with Crippen molar-refractivity contribution in [1.29, 1.82) is 0 Å². The zero-order chi connectivity index (χ0) is 16.1. The Morgan fingerprint density at radius 2 is 1.91 bits per heavy atom. The molecule has 2 aromatic rings. The number of carbonyl (C=O) groups excluding carboxylic acids is 1. The Morgan fingerprint density at radius 3 is 2.74 bits per heavy atom. The monoisotopic (exact) mass is 310 g/mol. The van der Waals surface area contributed by atoms with E-state index in [1.165, 1.54) is 5.56 Å². The molecular formula is C19H22N2O2. The number of para-hydroxylation sites is 2. The van der Waals surface area contributed by atoms with Gasteiger partial charge in [-0.15, -0.1) is 0 Å². The van der Waals surface area contributed by atoms with E-state index in [0.717, 1.165) is 24.3 Å². The summed E-state index contributed by atoms with van der Waals surface area (Å²) in [5.74, 6) is 0.862. The molecule has 23 heavy (non-hydrogen) atoms. The predicted molar refractivity (Wildman–Crippen MR) is 92.0 cm³/mol. The smallest absolute Gasteiger partial charge is 0.322 e. The van der Waals surface area contributed by atoms with Crippen LogP contribution in [-0.4, -0.2) is 25.2 Å². The second-order valence-electron chi connectivity index (χ2n) is 5.80. The van der Waals surface area contributed by atoms with Crippen molar-refractivity contribution in [3.8, 4) is 5.75 Å². The Balaban J connectivity index is 1.45. The van der Waals surface area contributed by atoms with Crippen molar-refractivity contribution in [1.82, 2.24) is 5.32 Å². The molecule has 2 amide bonds. The molecule has 1 N–H and O–H groups in total. The maximum atomic E-state index is 12.4. The van der Waals surface area contributed by atoms with E-state index in [9.17, 15) is 4.79 Å². The van der Waals surface area contributed by atoms with Crippen molar-refractivity contribution in [3.63, 3.8) is 0 Å². The molecule has 3 rings (SSSR count). The van der Waals surface area contributed by atoms with Gasteiger partial charge in [-0.25, -0.2) is 4.79 Å². The van der Waals surface area contributed by atoms with Crippen molar-refractivity contribution < 1.29 is 9.53 Å². The molecule has 120 valence electrons. The number of benzene rings is 2. The van der Waals surface area contributed by atoms with Crippen LogP contribution in [0.3, 0.4) is 0 Å². The number of nitrogens with one attached hydrogen (secondary N) is 1. The van der Waals surface area contributed by atoms with E-state index in [4.69, 9.17) is 4.74 Å². The first kappa shape index (κ1) is 15.4. The fraction of sp³-hybridized carbons (Fsp3) is 0.316.